The smallest absolute Gasteiger partial charge is 0.372 e. The number of ether oxygens (including phenoxy) is 1. The molecule has 2 aromatic rings. The van der Waals surface area contributed by atoms with E-state index < -0.39 is 8.32 Å². The fraction of sp³-hybridized carbons (Fsp3) is 0.556. The van der Waals surface area contributed by atoms with Crippen LogP contribution in [0, 0.1) is 17.7 Å². The van der Waals surface area contributed by atoms with Gasteiger partial charge in [-0.15, -0.1) is 0 Å². The summed E-state index contributed by atoms with van der Waals surface area (Å²) in [6, 6.07) is 6.89. The van der Waals surface area contributed by atoms with Crippen molar-refractivity contribution in [3.05, 3.63) is 53.2 Å². The van der Waals surface area contributed by atoms with Crippen molar-refractivity contribution in [2.75, 3.05) is 6.61 Å². The van der Waals surface area contributed by atoms with Crippen LogP contribution in [0.5, 0.6) is 0 Å². The number of esters is 1. The summed E-state index contributed by atoms with van der Waals surface area (Å²) in [6.45, 7) is 13.1. The summed E-state index contributed by atoms with van der Waals surface area (Å²) < 4.78 is 25.9. The molecule has 0 amide bonds. The van der Waals surface area contributed by atoms with Gasteiger partial charge in [0.15, 0.2) is 5.76 Å². The minimum Gasteiger partial charge on any atom is -0.539 e. The van der Waals surface area contributed by atoms with Crippen LogP contribution in [0.4, 0.5) is 4.39 Å². The van der Waals surface area contributed by atoms with Crippen molar-refractivity contribution in [3.63, 3.8) is 0 Å². The molecule has 2 aliphatic rings. The molecule has 0 N–H and O–H groups in total. The first-order valence-electron chi connectivity index (χ1n) is 12.1. The van der Waals surface area contributed by atoms with Crippen molar-refractivity contribution in [2.24, 2.45) is 11.8 Å². The zero-order chi connectivity index (χ0) is 24.0. The molecule has 33 heavy (non-hydrogen) atoms. The topological polar surface area (TPSA) is 48.4 Å². The van der Waals surface area contributed by atoms with E-state index in [2.05, 4.69) is 44.9 Å². The molecule has 0 radical (unpaired) electrons. The third-order valence-electron chi connectivity index (χ3n) is 7.98. The Balaban J connectivity index is 1.58. The SMILES string of the molecule is CCOC(=O)C(O[Si](C)(C)C(C)(C)C)=C1C[C@@H]2CC(c3ccnc4ccc(F)cc34)C[C@@H]2C1. The van der Waals surface area contributed by atoms with E-state index in [1.165, 1.54) is 11.6 Å². The molecule has 3 atom stereocenters. The molecule has 178 valence electrons. The van der Waals surface area contributed by atoms with Gasteiger partial charge in [-0.25, -0.2) is 9.18 Å². The lowest BCUT2D eigenvalue weighted by atomic mass is 9.91. The first kappa shape index (κ1) is 23.9. The van der Waals surface area contributed by atoms with Gasteiger partial charge >= 0.3 is 5.97 Å². The predicted octanol–water partition coefficient (Wildman–Crippen LogP) is 7.12. The first-order chi connectivity index (χ1) is 15.5. The summed E-state index contributed by atoms with van der Waals surface area (Å²) in [4.78, 5) is 17.3. The van der Waals surface area contributed by atoms with Crippen molar-refractivity contribution in [2.45, 2.75) is 77.4 Å². The van der Waals surface area contributed by atoms with Crippen LogP contribution in [0.2, 0.25) is 18.1 Å². The maximum Gasteiger partial charge on any atom is 0.372 e. The summed E-state index contributed by atoms with van der Waals surface area (Å²) in [6.07, 6.45) is 5.67. The van der Waals surface area contributed by atoms with E-state index >= 15 is 0 Å². The van der Waals surface area contributed by atoms with E-state index in [-0.39, 0.29) is 16.8 Å². The third-order valence-corrected chi connectivity index (χ3v) is 12.3. The van der Waals surface area contributed by atoms with Gasteiger partial charge in [-0.3, -0.25) is 4.98 Å². The molecule has 1 unspecified atom stereocenters. The Morgan fingerprint density at radius 1 is 1.15 bits per heavy atom. The number of carbonyl (C=O) groups excluding carboxylic acids is 1. The molecular formula is C27H36FNO3Si. The molecule has 1 heterocycles. The number of carbonyl (C=O) groups is 1. The van der Waals surface area contributed by atoms with Crippen molar-refractivity contribution < 1.29 is 18.3 Å². The molecule has 2 saturated carbocycles. The van der Waals surface area contributed by atoms with Crippen molar-refractivity contribution in [3.8, 4) is 0 Å². The number of pyridine rings is 1. The molecule has 4 rings (SSSR count). The lowest BCUT2D eigenvalue weighted by Gasteiger charge is -2.37. The number of fused-ring (bicyclic) bond motifs is 2. The van der Waals surface area contributed by atoms with Crippen LogP contribution in [0.25, 0.3) is 10.9 Å². The molecule has 0 saturated heterocycles. The molecule has 2 aliphatic carbocycles. The Bertz CT molecular complexity index is 1070. The number of nitrogens with zero attached hydrogens (tertiary/aromatic N) is 1. The van der Waals surface area contributed by atoms with E-state index in [1.807, 2.05) is 13.1 Å². The molecule has 1 aromatic carbocycles. The van der Waals surface area contributed by atoms with E-state index in [0.717, 1.165) is 42.2 Å². The van der Waals surface area contributed by atoms with Crippen LogP contribution in [0.1, 0.15) is 64.9 Å². The highest BCUT2D eigenvalue weighted by molar-refractivity contribution is 6.74. The Hall–Kier alpha value is -2.21. The van der Waals surface area contributed by atoms with Gasteiger partial charge in [0.25, 0.3) is 8.32 Å². The maximum absolute atomic E-state index is 13.9. The van der Waals surface area contributed by atoms with Crippen LogP contribution in [0.15, 0.2) is 41.8 Å². The zero-order valence-electron chi connectivity index (χ0n) is 20.7. The minimum absolute atomic E-state index is 0.00253. The van der Waals surface area contributed by atoms with Gasteiger partial charge in [0.1, 0.15) is 5.82 Å². The van der Waals surface area contributed by atoms with E-state index in [1.54, 1.807) is 12.1 Å². The lowest BCUT2D eigenvalue weighted by molar-refractivity contribution is -0.141. The third kappa shape index (κ3) is 4.72. The van der Waals surface area contributed by atoms with Crippen LogP contribution < -0.4 is 0 Å². The zero-order valence-corrected chi connectivity index (χ0v) is 21.7. The van der Waals surface area contributed by atoms with Gasteiger partial charge in [-0.2, -0.15) is 0 Å². The van der Waals surface area contributed by atoms with E-state index in [9.17, 15) is 9.18 Å². The number of halogens is 1. The molecular weight excluding hydrogens is 433 g/mol. The summed E-state index contributed by atoms with van der Waals surface area (Å²) in [5.74, 6) is 1.35. The normalized spacial score (nSPS) is 24.6. The Kier molecular flexibility index (Phi) is 6.42. The van der Waals surface area contributed by atoms with Gasteiger partial charge in [0, 0.05) is 11.6 Å². The van der Waals surface area contributed by atoms with Gasteiger partial charge in [-0.05, 0) is 104 Å². The van der Waals surface area contributed by atoms with Crippen molar-refractivity contribution in [1.82, 2.24) is 4.98 Å². The summed E-state index contributed by atoms with van der Waals surface area (Å²) >= 11 is 0. The fourth-order valence-corrected chi connectivity index (χ4v) is 6.27. The Morgan fingerprint density at radius 3 is 2.42 bits per heavy atom. The van der Waals surface area contributed by atoms with Crippen LogP contribution in [0.3, 0.4) is 0 Å². The summed E-state index contributed by atoms with van der Waals surface area (Å²) in [7, 11) is -2.17. The van der Waals surface area contributed by atoms with Crippen LogP contribution >= 0.6 is 0 Å². The predicted molar refractivity (Wildman–Crippen MR) is 132 cm³/mol. The summed E-state index contributed by atoms with van der Waals surface area (Å²) in [5.41, 5.74) is 3.17. The number of hydrogen-bond acceptors (Lipinski definition) is 4. The molecule has 0 spiro atoms. The highest BCUT2D eigenvalue weighted by Gasteiger charge is 2.45. The number of aromatic nitrogens is 1. The summed E-state index contributed by atoms with van der Waals surface area (Å²) in [5, 5.41) is 0.925. The largest absolute Gasteiger partial charge is 0.539 e. The molecule has 2 fully saturated rings. The first-order valence-corrected chi connectivity index (χ1v) is 15.0. The highest BCUT2D eigenvalue weighted by Crippen LogP contribution is 2.54. The van der Waals surface area contributed by atoms with Crippen molar-refractivity contribution in [1.29, 1.82) is 0 Å². The van der Waals surface area contributed by atoms with Gasteiger partial charge < -0.3 is 9.16 Å². The molecule has 4 nitrogen and oxygen atoms in total. The second-order valence-electron chi connectivity index (χ2n) is 11.2. The Labute approximate surface area is 197 Å². The van der Waals surface area contributed by atoms with Crippen LogP contribution in [-0.4, -0.2) is 25.9 Å². The van der Waals surface area contributed by atoms with Gasteiger partial charge in [-0.1, -0.05) is 20.8 Å². The average molecular weight is 470 g/mol. The maximum atomic E-state index is 13.9. The highest BCUT2D eigenvalue weighted by atomic mass is 28.4. The minimum atomic E-state index is -2.17. The molecule has 6 heteroatoms. The van der Waals surface area contributed by atoms with E-state index in [4.69, 9.17) is 9.16 Å². The second kappa shape index (κ2) is 8.86. The second-order valence-corrected chi connectivity index (χ2v) is 15.9. The van der Waals surface area contributed by atoms with E-state index in [0.29, 0.717) is 30.1 Å². The number of hydrogen-bond donors (Lipinski definition) is 0. The van der Waals surface area contributed by atoms with Crippen molar-refractivity contribution >= 4 is 25.2 Å². The van der Waals surface area contributed by atoms with Gasteiger partial charge in [0.2, 0.25) is 0 Å². The fourth-order valence-electron chi connectivity index (χ4n) is 5.23. The number of benzene rings is 1. The number of allylic oxidation sites excluding steroid dienone is 1. The molecule has 0 aliphatic heterocycles. The monoisotopic (exact) mass is 469 g/mol. The average Bonchev–Trinajstić information content (AvgIpc) is 3.30. The van der Waals surface area contributed by atoms with Crippen LogP contribution in [-0.2, 0) is 14.0 Å². The standard InChI is InChI=1S/C27H36FNO3Si/c1-7-31-26(30)25(32-33(5,6)27(2,3)4)20-14-17-12-19(13-18(17)15-20)22-10-11-29-24-9-8-21(28)16-23(22)24/h8-11,16-19H,7,12-15H2,1-6H3/t17-,18+,19?. The Morgan fingerprint density at radius 2 is 1.82 bits per heavy atom. The molecule has 0 bridgehead atoms. The number of rotatable bonds is 5. The lowest BCUT2D eigenvalue weighted by Crippen LogP contribution is -2.41. The van der Waals surface area contributed by atoms with Gasteiger partial charge in [0.05, 0.1) is 12.1 Å². The molecule has 1 aromatic heterocycles. The quantitative estimate of drug-likeness (QED) is 0.202.